The summed E-state index contributed by atoms with van der Waals surface area (Å²) in [5.74, 6) is -0.962. The number of fused-ring (bicyclic) bond motifs is 1. The molecule has 1 N–H and O–H groups in total. The highest BCUT2D eigenvalue weighted by molar-refractivity contribution is 7.82. The first-order valence-electron chi connectivity index (χ1n) is 10.0. The maximum atomic E-state index is 13.2. The Balaban J connectivity index is 1.45. The van der Waals surface area contributed by atoms with E-state index < -0.39 is 34.6 Å². The van der Waals surface area contributed by atoms with Crippen LogP contribution in [-0.4, -0.2) is 50.8 Å². The van der Waals surface area contributed by atoms with E-state index in [4.69, 9.17) is 0 Å². The molecule has 31 heavy (non-hydrogen) atoms. The van der Waals surface area contributed by atoms with Crippen molar-refractivity contribution in [3.8, 4) is 0 Å². The van der Waals surface area contributed by atoms with Gasteiger partial charge in [0.1, 0.15) is 16.8 Å². The van der Waals surface area contributed by atoms with Crippen molar-refractivity contribution in [3.63, 3.8) is 0 Å². The van der Waals surface area contributed by atoms with Crippen LogP contribution >= 0.6 is 0 Å². The van der Waals surface area contributed by atoms with E-state index in [0.29, 0.717) is 56.2 Å². The average molecular weight is 453 g/mol. The van der Waals surface area contributed by atoms with E-state index in [2.05, 4.69) is 4.98 Å². The van der Waals surface area contributed by atoms with E-state index in [1.807, 2.05) is 15.3 Å². The summed E-state index contributed by atoms with van der Waals surface area (Å²) in [5, 5.41) is 9.41. The number of carbonyl (C=O) groups is 1. The molecule has 0 spiro atoms. The van der Waals surface area contributed by atoms with Gasteiger partial charge in [-0.05, 0) is 54.7 Å². The van der Waals surface area contributed by atoms with Gasteiger partial charge in [0.05, 0.1) is 16.4 Å². The third-order valence-electron chi connectivity index (χ3n) is 5.78. The first-order chi connectivity index (χ1) is 14.7. The van der Waals surface area contributed by atoms with Crippen LogP contribution in [0.2, 0.25) is 0 Å². The molecule has 10 heteroatoms. The number of aryl methyl sites for hydroxylation is 1. The molecule has 2 heterocycles. The molecule has 0 saturated carbocycles. The van der Waals surface area contributed by atoms with E-state index >= 15 is 0 Å². The fourth-order valence-electron chi connectivity index (χ4n) is 4.12. The fraction of sp³-hybridized carbons (Fsp3) is 0.429. The number of aliphatic carboxylic acids is 1. The molecule has 0 amide bonds. The van der Waals surface area contributed by atoms with Crippen LogP contribution in [0, 0.1) is 0 Å². The molecule has 1 aliphatic heterocycles. The summed E-state index contributed by atoms with van der Waals surface area (Å²) in [6, 6.07) is 7.78. The maximum absolute atomic E-state index is 13.2. The number of aromatic nitrogens is 1. The van der Waals surface area contributed by atoms with Crippen molar-refractivity contribution < 1.29 is 27.3 Å². The number of benzene rings is 1. The van der Waals surface area contributed by atoms with Gasteiger partial charge in [-0.15, -0.1) is 0 Å². The number of anilines is 1. The highest BCUT2D eigenvalue weighted by Gasteiger charge is 2.32. The van der Waals surface area contributed by atoms with E-state index in [9.17, 15) is 27.3 Å². The first-order valence-corrected chi connectivity index (χ1v) is 11.2. The zero-order valence-corrected chi connectivity index (χ0v) is 17.5. The number of pyridine rings is 1. The average Bonchev–Trinajstić information content (AvgIpc) is 3.01. The predicted molar refractivity (Wildman–Crippen MR) is 109 cm³/mol. The Labute approximate surface area is 180 Å². The van der Waals surface area contributed by atoms with E-state index in [1.54, 1.807) is 12.1 Å². The largest absolute Gasteiger partial charge is 0.481 e. The molecular formula is C21H22F3N3O3S. The molecule has 4 rings (SSSR count). The predicted octanol–water partition coefficient (Wildman–Crippen LogP) is 3.45. The van der Waals surface area contributed by atoms with Crippen molar-refractivity contribution in [2.24, 2.45) is 0 Å². The number of alkyl halides is 3. The molecule has 2 unspecified atom stereocenters. The van der Waals surface area contributed by atoms with E-state index in [1.165, 1.54) is 6.07 Å². The number of hydrogen-bond donors (Lipinski definition) is 1. The van der Waals surface area contributed by atoms with Crippen LogP contribution in [0.3, 0.4) is 0 Å². The molecule has 1 aliphatic carbocycles. The lowest BCUT2D eigenvalue weighted by Crippen LogP contribution is -2.32. The normalized spacial score (nSPS) is 20.9. The summed E-state index contributed by atoms with van der Waals surface area (Å²) < 4.78 is 53.2. The second-order valence-electron chi connectivity index (χ2n) is 7.71. The third-order valence-corrected chi connectivity index (χ3v) is 7.27. The Kier molecular flexibility index (Phi) is 6.02. The lowest BCUT2D eigenvalue weighted by atomic mass is 10.0. The Morgan fingerprint density at radius 2 is 1.94 bits per heavy atom. The number of carboxylic acids is 1. The van der Waals surface area contributed by atoms with Crippen molar-refractivity contribution >= 4 is 22.8 Å². The summed E-state index contributed by atoms with van der Waals surface area (Å²) in [5.41, 5.74) is 0.942. The van der Waals surface area contributed by atoms with Gasteiger partial charge in [-0.3, -0.25) is 4.79 Å². The van der Waals surface area contributed by atoms with Gasteiger partial charge >= 0.3 is 12.1 Å². The van der Waals surface area contributed by atoms with E-state index in [0.717, 1.165) is 23.4 Å². The number of hydrogen-bond acceptors (Lipinski definition) is 4. The molecule has 0 radical (unpaired) electrons. The molecule has 2 aliphatic rings. The molecule has 166 valence electrons. The Hall–Kier alpha value is -2.46. The smallest absolute Gasteiger partial charge is 0.417 e. The van der Waals surface area contributed by atoms with Crippen molar-refractivity contribution in [1.82, 2.24) is 9.29 Å². The van der Waals surface area contributed by atoms with Gasteiger partial charge in [-0.2, -0.15) is 13.2 Å². The molecule has 1 aromatic heterocycles. The zero-order chi connectivity index (χ0) is 22.2. The molecular weight excluding hydrogens is 431 g/mol. The summed E-state index contributed by atoms with van der Waals surface area (Å²) in [6.45, 7) is 2.09. The van der Waals surface area contributed by atoms with Gasteiger partial charge in [0.2, 0.25) is 0 Å². The minimum atomic E-state index is -4.42. The Morgan fingerprint density at radius 3 is 2.61 bits per heavy atom. The quantitative estimate of drug-likeness (QED) is 0.768. The Bertz CT molecular complexity index is 998. The minimum absolute atomic E-state index is 0.453. The van der Waals surface area contributed by atoms with Crippen molar-refractivity contribution in [1.29, 1.82) is 0 Å². The van der Waals surface area contributed by atoms with Crippen LogP contribution < -0.4 is 4.90 Å². The van der Waals surface area contributed by atoms with Crippen LogP contribution in [0.15, 0.2) is 41.4 Å². The SMILES string of the molecule is O=C(O)C1CCc2ccc(S(=O)N3CCCN(c4ccc(C(F)(F)F)cn4)CC3)cc21. The van der Waals surface area contributed by atoms with Gasteiger partial charge in [0, 0.05) is 32.4 Å². The fourth-order valence-corrected chi connectivity index (χ4v) is 5.38. The summed E-state index contributed by atoms with van der Waals surface area (Å²) in [6.07, 6.45) is -1.65. The summed E-state index contributed by atoms with van der Waals surface area (Å²) in [7, 11) is -1.44. The van der Waals surface area contributed by atoms with Crippen LogP contribution in [0.4, 0.5) is 19.0 Å². The van der Waals surface area contributed by atoms with Gasteiger partial charge in [0.25, 0.3) is 0 Å². The number of rotatable bonds is 4. The summed E-state index contributed by atoms with van der Waals surface area (Å²) >= 11 is 0. The van der Waals surface area contributed by atoms with Crippen molar-refractivity contribution in [2.75, 3.05) is 31.1 Å². The number of carboxylic acid groups (broad SMARTS) is 1. The van der Waals surface area contributed by atoms with Crippen LogP contribution in [0.1, 0.15) is 35.4 Å². The molecule has 1 aromatic carbocycles. The number of halogens is 3. The highest BCUT2D eigenvalue weighted by Crippen LogP contribution is 2.35. The highest BCUT2D eigenvalue weighted by atomic mass is 32.2. The molecule has 2 aromatic rings. The lowest BCUT2D eigenvalue weighted by Gasteiger charge is -2.22. The monoisotopic (exact) mass is 453 g/mol. The molecule has 1 fully saturated rings. The second kappa shape index (κ2) is 8.58. The van der Waals surface area contributed by atoms with Gasteiger partial charge in [0.15, 0.2) is 0 Å². The maximum Gasteiger partial charge on any atom is 0.417 e. The molecule has 1 saturated heterocycles. The van der Waals surface area contributed by atoms with Gasteiger partial charge < -0.3 is 10.0 Å². The topological polar surface area (TPSA) is 73.7 Å². The lowest BCUT2D eigenvalue weighted by molar-refractivity contribution is -0.139. The van der Waals surface area contributed by atoms with Gasteiger partial charge in [-0.1, -0.05) is 6.07 Å². The van der Waals surface area contributed by atoms with Crippen molar-refractivity contribution in [2.45, 2.75) is 36.3 Å². The summed E-state index contributed by atoms with van der Waals surface area (Å²) in [4.78, 5) is 17.9. The Morgan fingerprint density at radius 1 is 1.13 bits per heavy atom. The second-order valence-corrected chi connectivity index (χ2v) is 9.20. The van der Waals surface area contributed by atoms with Gasteiger partial charge in [-0.25, -0.2) is 13.5 Å². The molecule has 2 atom stereocenters. The zero-order valence-electron chi connectivity index (χ0n) is 16.6. The van der Waals surface area contributed by atoms with Crippen LogP contribution in [-0.2, 0) is 28.4 Å². The molecule has 0 bridgehead atoms. The molecule has 6 nitrogen and oxygen atoms in total. The number of nitrogens with zero attached hydrogens (tertiary/aromatic N) is 3. The van der Waals surface area contributed by atoms with Crippen LogP contribution in [0.25, 0.3) is 0 Å². The van der Waals surface area contributed by atoms with E-state index in [-0.39, 0.29) is 0 Å². The minimum Gasteiger partial charge on any atom is -0.481 e. The standard InChI is InChI=1S/C21H22F3N3O3S/c22-21(23,24)15-4-7-19(25-13-15)26-8-1-9-27(11-10-26)31(30)16-5-2-14-3-6-17(20(28)29)18(14)12-16/h2,4-5,7,12-13,17H,1,3,6,8-11H2,(H,28,29). The first kappa shape index (κ1) is 21.8. The van der Waals surface area contributed by atoms with Crippen LogP contribution in [0.5, 0.6) is 0 Å². The van der Waals surface area contributed by atoms with Crippen molar-refractivity contribution in [3.05, 3.63) is 53.2 Å². The third kappa shape index (κ3) is 4.59.